The van der Waals surface area contributed by atoms with Gasteiger partial charge < -0.3 is 5.11 Å². The summed E-state index contributed by atoms with van der Waals surface area (Å²) in [6, 6.07) is 0. The summed E-state index contributed by atoms with van der Waals surface area (Å²) in [7, 11) is 0. The molecule has 2 atom stereocenters. The number of hydrogen-bond donors (Lipinski definition) is 1. The Kier molecular flexibility index (Phi) is 1.94. The Morgan fingerprint density at radius 3 is 2.43 bits per heavy atom. The highest BCUT2D eigenvalue weighted by Gasteiger charge is 2.46. The smallest absolute Gasteiger partial charge is 0.307 e. The van der Waals surface area contributed by atoms with E-state index in [1.807, 2.05) is 0 Å². The van der Waals surface area contributed by atoms with Gasteiger partial charge in [0.1, 0.15) is 11.6 Å². The fourth-order valence-corrected chi connectivity index (χ4v) is 1.56. The Labute approximate surface area is 78.4 Å². The van der Waals surface area contributed by atoms with Gasteiger partial charge in [0.2, 0.25) is 0 Å². The molecule has 14 heavy (non-hydrogen) atoms. The molecule has 3 nitrogen and oxygen atoms in total. The van der Waals surface area contributed by atoms with E-state index in [4.69, 9.17) is 5.11 Å². The van der Waals surface area contributed by atoms with E-state index in [1.54, 1.807) is 0 Å². The molecule has 2 rings (SSSR count). The average Bonchev–Trinajstić information content (AvgIpc) is 2.83. The summed E-state index contributed by atoms with van der Waals surface area (Å²) in [5.41, 5.74) is -0.146. The Morgan fingerprint density at radius 2 is 2.00 bits per heavy atom. The molecule has 0 spiro atoms. The topological polar surface area (TPSA) is 50.2 Å². The Bertz CT molecular complexity index is 374. The highest BCUT2D eigenvalue weighted by molar-refractivity contribution is 5.75. The summed E-state index contributed by atoms with van der Waals surface area (Å²) in [6.07, 6.45) is 2.10. The molecular formula is C9H7F2NO2. The summed E-state index contributed by atoms with van der Waals surface area (Å²) in [4.78, 5) is 13.8. The second-order valence-corrected chi connectivity index (χ2v) is 3.30. The number of halogens is 2. The number of aromatic nitrogens is 1. The largest absolute Gasteiger partial charge is 0.481 e. The maximum absolute atomic E-state index is 13.1. The van der Waals surface area contributed by atoms with Crippen molar-refractivity contribution in [3.8, 4) is 0 Å². The van der Waals surface area contributed by atoms with Crippen LogP contribution in [-0.2, 0) is 4.79 Å². The van der Waals surface area contributed by atoms with Crippen LogP contribution in [0.5, 0.6) is 0 Å². The van der Waals surface area contributed by atoms with Gasteiger partial charge in [-0.05, 0) is 6.42 Å². The van der Waals surface area contributed by atoms with Gasteiger partial charge in [-0.15, -0.1) is 0 Å². The molecule has 1 aromatic rings. The number of aliphatic carboxylic acids is 1. The van der Waals surface area contributed by atoms with Crippen molar-refractivity contribution in [2.24, 2.45) is 5.92 Å². The zero-order valence-corrected chi connectivity index (χ0v) is 7.08. The van der Waals surface area contributed by atoms with E-state index in [0.717, 1.165) is 12.4 Å². The normalized spacial score (nSPS) is 24.7. The van der Waals surface area contributed by atoms with Crippen molar-refractivity contribution in [1.82, 2.24) is 4.98 Å². The molecule has 1 aromatic heterocycles. The Hall–Kier alpha value is -1.52. The summed E-state index contributed by atoms with van der Waals surface area (Å²) in [5, 5.41) is 8.61. The minimum Gasteiger partial charge on any atom is -0.481 e. The van der Waals surface area contributed by atoms with Gasteiger partial charge in [-0.3, -0.25) is 9.78 Å². The molecule has 74 valence electrons. The number of nitrogens with zero attached hydrogens (tertiary/aromatic N) is 1. The first-order valence-electron chi connectivity index (χ1n) is 4.13. The molecule has 0 radical (unpaired) electrons. The molecule has 0 aromatic carbocycles. The van der Waals surface area contributed by atoms with Gasteiger partial charge >= 0.3 is 5.97 Å². The Morgan fingerprint density at radius 1 is 1.43 bits per heavy atom. The maximum atomic E-state index is 13.1. The van der Waals surface area contributed by atoms with Crippen LogP contribution in [0.1, 0.15) is 17.9 Å². The van der Waals surface area contributed by atoms with Crippen LogP contribution in [-0.4, -0.2) is 16.1 Å². The van der Waals surface area contributed by atoms with E-state index in [0.29, 0.717) is 6.42 Å². The minimum absolute atomic E-state index is 0.146. The Balaban J connectivity index is 2.31. The van der Waals surface area contributed by atoms with Crippen LogP contribution in [0.2, 0.25) is 0 Å². The van der Waals surface area contributed by atoms with E-state index >= 15 is 0 Å². The van der Waals surface area contributed by atoms with Gasteiger partial charge in [0.25, 0.3) is 0 Å². The number of hydrogen-bond acceptors (Lipinski definition) is 2. The zero-order chi connectivity index (χ0) is 10.3. The van der Waals surface area contributed by atoms with Crippen molar-refractivity contribution in [3.05, 3.63) is 29.6 Å². The van der Waals surface area contributed by atoms with E-state index in [9.17, 15) is 13.6 Å². The van der Waals surface area contributed by atoms with Crippen LogP contribution in [0.4, 0.5) is 8.78 Å². The van der Waals surface area contributed by atoms with Crippen LogP contribution >= 0.6 is 0 Å². The van der Waals surface area contributed by atoms with Crippen LogP contribution < -0.4 is 0 Å². The molecule has 0 bridgehead atoms. The monoisotopic (exact) mass is 199 g/mol. The number of pyridine rings is 1. The SMILES string of the molecule is O=C(O)[C@@H]1C[C@H]1c1c(F)cncc1F. The molecule has 5 heteroatoms. The second-order valence-electron chi connectivity index (χ2n) is 3.30. The lowest BCUT2D eigenvalue weighted by Gasteiger charge is -2.01. The van der Waals surface area contributed by atoms with Crippen molar-refractivity contribution in [3.63, 3.8) is 0 Å². The first kappa shape index (κ1) is 9.05. The van der Waals surface area contributed by atoms with Gasteiger partial charge in [0.15, 0.2) is 0 Å². The van der Waals surface area contributed by atoms with Gasteiger partial charge in [0, 0.05) is 11.5 Å². The van der Waals surface area contributed by atoms with Gasteiger partial charge in [0.05, 0.1) is 18.3 Å². The molecule has 1 heterocycles. The highest BCUT2D eigenvalue weighted by atomic mass is 19.1. The number of carboxylic acid groups (broad SMARTS) is 1. The fraction of sp³-hybridized carbons (Fsp3) is 0.333. The molecule has 1 N–H and O–H groups in total. The lowest BCUT2D eigenvalue weighted by Crippen LogP contribution is -2.02. The summed E-state index contributed by atoms with van der Waals surface area (Å²) < 4.78 is 26.2. The fourth-order valence-electron chi connectivity index (χ4n) is 1.56. The third kappa shape index (κ3) is 1.34. The van der Waals surface area contributed by atoms with E-state index < -0.39 is 29.4 Å². The van der Waals surface area contributed by atoms with Crippen molar-refractivity contribution >= 4 is 5.97 Å². The molecule has 1 saturated carbocycles. The summed E-state index contributed by atoms with van der Waals surface area (Å²) >= 11 is 0. The minimum atomic E-state index is -1.01. The lowest BCUT2D eigenvalue weighted by molar-refractivity contribution is -0.138. The number of carboxylic acids is 1. The molecule has 0 aliphatic heterocycles. The van der Waals surface area contributed by atoms with Gasteiger partial charge in [-0.2, -0.15) is 0 Å². The van der Waals surface area contributed by atoms with Crippen LogP contribution in [0.3, 0.4) is 0 Å². The molecule has 1 aliphatic rings. The summed E-state index contributed by atoms with van der Waals surface area (Å²) in [6.45, 7) is 0. The first-order chi connectivity index (χ1) is 6.61. The van der Waals surface area contributed by atoms with Crippen molar-refractivity contribution in [2.45, 2.75) is 12.3 Å². The van der Waals surface area contributed by atoms with E-state index in [1.165, 1.54) is 0 Å². The van der Waals surface area contributed by atoms with Crippen LogP contribution in [0.15, 0.2) is 12.4 Å². The number of rotatable bonds is 2. The third-order valence-corrected chi connectivity index (χ3v) is 2.37. The predicted octanol–water partition coefficient (Wildman–Crippen LogP) is 1.55. The lowest BCUT2D eigenvalue weighted by atomic mass is 10.1. The van der Waals surface area contributed by atoms with Crippen LogP contribution in [0.25, 0.3) is 0 Å². The highest BCUT2D eigenvalue weighted by Crippen LogP contribution is 2.48. The predicted molar refractivity (Wildman–Crippen MR) is 42.6 cm³/mol. The molecule has 1 aliphatic carbocycles. The quantitative estimate of drug-likeness (QED) is 0.786. The van der Waals surface area contributed by atoms with E-state index in [2.05, 4.69) is 4.98 Å². The second kappa shape index (κ2) is 3.01. The van der Waals surface area contributed by atoms with Crippen molar-refractivity contribution in [1.29, 1.82) is 0 Å². The molecule has 0 amide bonds. The van der Waals surface area contributed by atoms with E-state index in [-0.39, 0.29) is 5.56 Å². The molecular weight excluding hydrogens is 192 g/mol. The standard InChI is InChI=1S/C9H7F2NO2/c10-6-2-12-3-7(11)8(6)4-1-5(4)9(13)14/h2-5H,1H2,(H,13,14)/t4-,5-/m1/s1. The maximum Gasteiger partial charge on any atom is 0.307 e. The molecule has 1 fully saturated rings. The molecule has 0 unspecified atom stereocenters. The summed E-state index contributed by atoms with van der Waals surface area (Å²) in [5.74, 6) is -3.72. The average molecular weight is 199 g/mol. The van der Waals surface area contributed by atoms with Crippen molar-refractivity contribution in [2.75, 3.05) is 0 Å². The third-order valence-electron chi connectivity index (χ3n) is 2.37. The van der Waals surface area contributed by atoms with Crippen molar-refractivity contribution < 1.29 is 18.7 Å². The zero-order valence-electron chi connectivity index (χ0n) is 7.08. The van der Waals surface area contributed by atoms with Crippen LogP contribution in [0, 0.1) is 17.6 Å². The van der Waals surface area contributed by atoms with Gasteiger partial charge in [-0.25, -0.2) is 8.78 Å². The number of carbonyl (C=O) groups is 1. The van der Waals surface area contributed by atoms with Gasteiger partial charge in [-0.1, -0.05) is 0 Å². The molecule has 0 saturated heterocycles. The first-order valence-corrected chi connectivity index (χ1v) is 4.13.